The van der Waals surface area contributed by atoms with Gasteiger partial charge in [-0.15, -0.1) is 0 Å². The van der Waals surface area contributed by atoms with E-state index in [1.54, 1.807) is 13.1 Å². The second kappa shape index (κ2) is 6.46. The lowest BCUT2D eigenvalue weighted by atomic mass is 10.4. The molecule has 0 atom stereocenters. The first-order valence-corrected chi connectivity index (χ1v) is 6.77. The molecule has 102 valence electrons. The van der Waals surface area contributed by atoms with Crippen molar-refractivity contribution in [3.63, 3.8) is 0 Å². The molecule has 0 aliphatic rings. The predicted octanol–water partition coefficient (Wildman–Crippen LogP) is 2.02. The smallest absolute Gasteiger partial charge is 0.228 e. The van der Waals surface area contributed by atoms with Gasteiger partial charge < -0.3 is 15.2 Å². The number of aryl methyl sites for hydroxylation is 1. The van der Waals surface area contributed by atoms with E-state index in [-0.39, 0.29) is 0 Å². The van der Waals surface area contributed by atoms with E-state index in [0.717, 1.165) is 16.8 Å². The molecule has 0 aromatic carbocycles. The van der Waals surface area contributed by atoms with Crippen LogP contribution in [0.25, 0.3) is 0 Å². The van der Waals surface area contributed by atoms with Gasteiger partial charge in [-0.1, -0.05) is 5.16 Å². The molecule has 0 fully saturated rings. The van der Waals surface area contributed by atoms with Gasteiger partial charge in [-0.25, -0.2) is 4.98 Å². The van der Waals surface area contributed by atoms with Crippen LogP contribution in [0.2, 0.25) is 0 Å². The molecular formula is C11H15BrN6O. The zero-order valence-electron chi connectivity index (χ0n) is 10.8. The Hall–Kier alpha value is -1.70. The van der Waals surface area contributed by atoms with Crippen molar-refractivity contribution in [1.29, 1.82) is 0 Å². The summed E-state index contributed by atoms with van der Waals surface area (Å²) in [6, 6.07) is 0. The number of anilines is 2. The lowest BCUT2D eigenvalue weighted by Crippen LogP contribution is -2.10. The van der Waals surface area contributed by atoms with Gasteiger partial charge >= 0.3 is 0 Å². The standard InChI is InChI=1S/C11H15BrN6O/c1-3-13-11-15-6-8(12)10(17-11)14-5-4-9-16-7(2)18-19-9/h6H,3-5H2,1-2H3,(H2,13,14,15,17). The molecule has 2 rings (SSSR count). The SMILES string of the molecule is CCNc1ncc(Br)c(NCCc2nc(C)no2)n1. The monoisotopic (exact) mass is 326 g/mol. The van der Waals surface area contributed by atoms with Crippen molar-refractivity contribution in [2.75, 3.05) is 23.7 Å². The second-order valence-corrected chi connectivity index (χ2v) is 4.69. The van der Waals surface area contributed by atoms with Gasteiger partial charge in [0.1, 0.15) is 5.82 Å². The van der Waals surface area contributed by atoms with Crippen molar-refractivity contribution in [2.24, 2.45) is 0 Å². The summed E-state index contributed by atoms with van der Waals surface area (Å²) in [6.07, 6.45) is 2.36. The maximum absolute atomic E-state index is 5.04. The van der Waals surface area contributed by atoms with Crippen LogP contribution in [0.5, 0.6) is 0 Å². The Morgan fingerprint density at radius 1 is 1.32 bits per heavy atom. The second-order valence-electron chi connectivity index (χ2n) is 3.83. The van der Waals surface area contributed by atoms with Crippen LogP contribution in [0.4, 0.5) is 11.8 Å². The van der Waals surface area contributed by atoms with Crippen LogP contribution >= 0.6 is 15.9 Å². The average Bonchev–Trinajstić information content (AvgIpc) is 2.79. The number of hydrogen-bond donors (Lipinski definition) is 2. The molecule has 2 heterocycles. The van der Waals surface area contributed by atoms with E-state index in [4.69, 9.17) is 4.52 Å². The Bertz CT molecular complexity index is 544. The molecule has 7 nitrogen and oxygen atoms in total. The molecule has 19 heavy (non-hydrogen) atoms. The van der Waals surface area contributed by atoms with E-state index >= 15 is 0 Å². The number of nitrogens with zero attached hydrogens (tertiary/aromatic N) is 4. The first-order chi connectivity index (χ1) is 9.19. The van der Waals surface area contributed by atoms with Gasteiger partial charge in [0.25, 0.3) is 0 Å². The molecular weight excluding hydrogens is 312 g/mol. The third-order valence-corrected chi connectivity index (χ3v) is 2.86. The Morgan fingerprint density at radius 3 is 2.84 bits per heavy atom. The topological polar surface area (TPSA) is 88.8 Å². The van der Waals surface area contributed by atoms with Crippen molar-refractivity contribution < 1.29 is 4.52 Å². The minimum absolute atomic E-state index is 0.599. The Morgan fingerprint density at radius 2 is 2.16 bits per heavy atom. The third-order valence-electron chi connectivity index (χ3n) is 2.28. The first-order valence-electron chi connectivity index (χ1n) is 5.98. The quantitative estimate of drug-likeness (QED) is 0.839. The molecule has 0 saturated heterocycles. The van der Waals surface area contributed by atoms with E-state index in [9.17, 15) is 0 Å². The average molecular weight is 327 g/mol. The lowest BCUT2D eigenvalue weighted by Gasteiger charge is -2.08. The summed E-state index contributed by atoms with van der Waals surface area (Å²) in [5.74, 6) is 2.60. The van der Waals surface area contributed by atoms with Crippen LogP contribution in [0.15, 0.2) is 15.2 Å². The Balaban J connectivity index is 1.93. The highest BCUT2D eigenvalue weighted by atomic mass is 79.9. The van der Waals surface area contributed by atoms with Crippen molar-refractivity contribution in [3.8, 4) is 0 Å². The van der Waals surface area contributed by atoms with E-state index in [0.29, 0.717) is 30.6 Å². The number of halogens is 1. The van der Waals surface area contributed by atoms with Gasteiger partial charge in [-0.3, -0.25) is 0 Å². The fourth-order valence-corrected chi connectivity index (χ4v) is 1.80. The van der Waals surface area contributed by atoms with Crippen LogP contribution in [-0.2, 0) is 6.42 Å². The Labute approximate surface area is 119 Å². The first kappa shape index (κ1) is 13.7. The fraction of sp³-hybridized carbons (Fsp3) is 0.455. The summed E-state index contributed by atoms with van der Waals surface area (Å²) in [4.78, 5) is 12.6. The zero-order chi connectivity index (χ0) is 13.7. The van der Waals surface area contributed by atoms with Gasteiger partial charge in [0.15, 0.2) is 5.82 Å². The van der Waals surface area contributed by atoms with Crippen molar-refractivity contribution in [2.45, 2.75) is 20.3 Å². The predicted molar refractivity (Wildman–Crippen MR) is 75.1 cm³/mol. The van der Waals surface area contributed by atoms with Crippen molar-refractivity contribution in [1.82, 2.24) is 20.1 Å². The fourth-order valence-electron chi connectivity index (χ4n) is 1.46. The molecule has 0 aliphatic heterocycles. The molecule has 0 radical (unpaired) electrons. The van der Waals surface area contributed by atoms with Crippen LogP contribution in [0, 0.1) is 6.92 Å². The largest absolute Gasteiger partial charge is 0.368 e. The molecule has 0 aliphatic carbocycles. The summed E-state index contributed by atoms with van der Waals surface area (Å²) < 4.78 is 5.85. The number of hydrogen-bond acceptors (Lipinski definition) is 7. The molecule has 2 aromatic rings. The van der Waals surface area contributed by atoms with Crippen LogP contribution < -0.4 is 10.6 Å². The maximum Gasteiger partial charge on any atom is 0.228 e. The molecule has 2 N–H and O–H groups in total. The van der Waals surface area contributed by atoms with Crippen molar-refractivity contribution in [3.05, 3.63) is 22.4 Å². The minimum Gasteiger partial charge on any atom is -0.368 e. The van der Waals surface area contributed by atoms with E-state index in [1.807, 2.05) is 6.92 Å². The molecule has 0 amide bonds. The van der Waals surface area contributed by atoms with Crippen molar-refractivity contribution >= 4 is 27.7 Å². The van der Waals surface area contributed by atoms with E-state index in [1.165, 1.54) is 0 Å². The van der Waals surface area contributed by atoms with Crippen LogP contribution in [0.1, 0.15) is 18.6 Å². The number of nitrogens with one attached hydrogen (secondary N) is 2. The molecule has 2 aromatic heterocycles. The van der Waals surface area contributed by atoms with Gasteiger partial charge in [-0.05, 0) is 29.8 Å². The molecule has 0 saturated carbocycles. The van der Waals surface area contributed by atoms with E-state index in [2.05, 4.69) is 46.7 Å². The zero-order valence-corrected chi connectivity index (χ0v) is 12.4. The summed E-state index contributed by atoms with van der Waals surface area (Å²) in [7, 11) is 0. The summed E-state index contributed by atoms with van der Waals surface area (Å²) >= 11 is 3.41. The highest BCUT2D eigenvalue weighted by Crippen LogP contribution is 2.19. The minimum atomic E-state index is 0.599. The molecule has 0 spiro atoms. The lowest BCUT2D eigenvalue weighted by molar-refractivity contribution is 0.377. The normalized spacial score (nSPS) is 10.5. The van der Waals surface area contributed by atoms with E-state index < -0.39 is 0 Å². The van der Waals surface area contributed by atoms with Gasteiger partial charge in [0.05, 0.1) is 4.47 Å². The van der Waals surface area contributed by atoms with Gasteiger partial charge in [0.2, 0.25) is 11.8 Å². The van der Waals surface area contributed by atoms with Gasteiger partial charge in [0, 0.05) is 25.7 Å². The summed E-state index contributed by atoms with van der Waals surface area (Å²) in [6.45, 7) is 5.23. The maximum atomic E-state index is 5.04. The van der Waals surface area contributed by atoms with Gasteiger partial charge in [-0.2, -0.15) is 9.97 Å². The Kier molecular flexibility index (Phi) is 4.67. The molecule has 8 heteroatoms. The number of rotatable bonds is 6. The summed E-state index contributed by atoms with van der Waals surface area (Å²) in [5, 5.41) is 10.0. The highest BCUT2D eigenvalue weighted by molar-refractivity contribution is 9.10. The highest BCUT2D eigenvalue weighted by Gasteiger charge is 2.06. The summed E-state index contributed by atoms with van der Waals surface area (Å²) in [5.41, 5.74) is 0. The molecule has 0 bridgehead atoms. The number of aromatic nitrogens is 4. The molecule has 0 unspecified atom stereocenters. The van der Waals surface area contributed by atoms with Crippen LogP contribution in [-0.4, -0.2) is 33.2 Å². The third kappa shape index (κ3) is 3.88. The van der Waals surface area contributed by atoms with Crippen LogP contribution in [0.3, 0.4) is 0 Å².